The van der Waals surface area contributed by atoms with Crippen molar-refractivity contribution in [2.75, 3.05) is 13.7 Å². The van der Waals surface area contributed by atoms with Crippen molar-refractivity contribution >= 4 is 11.9 Å². The molecule has 2 N–H and O–H groups in total. The number of nitrogens with one attached hydrogen (secondary N) is 2. The Kier molecular flexibility index (Phi) is 6.96. The Bertz CT molecular complexity index is 172. The predicted molar refractivity (Wildman–Crippen MR) is 55.4 cm³/mol. The normalized spacial score (nSPS) is 11.2. The molecule has 0 saturated carbocycles. The fourth-order valence-corrected chi connectivity index (χ4v) is 0.780. The summed E-state index contributed by atoms with van der Waals surface area (Å²) in [5.74, 6) is 0.779. The zero-order chi connectivity index (χ0) is 10.1. The van der Waals surface area contributed by atoms with Crippen LogP contribution in [0.2, 0.25) is 0 Å². The topological polar surface area (TPSA) is 57.5 Å². The van der Waals surface area contributed by atoms with Crippen LogP contribution in [0, 0.1) is 5.41 Å². The molecule has 0 fully saturated rings. The maximum absolute atomic E-state index is 7.35. The van der Waals surface area contributed by atoms with E-state index in [9.17, 15) is 0 Å². The van der Waals surface area contributed by atoms with Crippen molar-refractivity contribution in [2.45, 2.75) is 33.1 Å². The van der Waals surface area contributed by atoms with E-state index in [1.165, 1.54) is 0 Å². The molecule has 0 aliphatic heterocycles. The highest BCUT2D eigenvalue weighted by Crippen LogP contribution is 1.91. The highest BCUT2D eigenvalue weighted by Gasteiger charge is 1.96. The molecule has 0 aliphatic carbocycles. The molecule has 0 atom stereocenters. The Morgan fingerprint density at radius 1 is 1.46 bits per heavy atom. The van der Waals surface area contributed by atoms with Crippen molar-refractivity contribution in [3.63, 3.8) is 0 Å². The minimum Gasteiger partial charge on any atom is -0.464 e. The number of ether oxygens (including phenoxy) is 1. The van der Waals surface area contributed by atoms with E-state index in [1.54, 1.807) is 7.05 Å². The zero-order valence-corrected chi connectivity index (χ0v) is 8.68. The summed E-state index contributed by atoms with van der Waals surface area (Å²) < 4.78 is 5.07. The third-order valence-corrected chi connectivity index (χ3v) is 1.60. The van der Waals surface area contributed by atoms with Crippen LogP contribution in [0.5, 0.6) is 0 Å². The van der Waals surface area contributed by atoms with Crippen molar-refractivity contribution in [3.8, 4) is 0 Å². The fourth-order valence-electron chi connectivity index (χ4n) is 0.780. The largest absolute Gasteiger partial charge is 0.464 e. The van der Waals surface area contributed by atoms with Gasteiger partial charge in [-0.05, 0) is 6.42 Å². The van der Waals surface area contributed by atoms with E-state index >= 15 is 0 Å². The smallest absolute Gasteiger partial charge is 0.310 e. The van der Waals surface area contributed by atoms with Crippen LogP contribution in [-0.4, -0.2) is 25.5 Å². The number of hydrogen-bond acceptors (Lipinski definition) is 2. The first-order valence-electron chi connectivity index (χ1n) is 4.71. The molecule has 0 aromatic carbocycles. The molecule has 0 spiro atoms. The summed E-state index contributed by atoms with van der Waals surface area (Å²) in [4.78, 5) is 3.95. The summed E-state index contributed by atoms with van der Waals surface area (Å²) in [6, 6.07) is -0.000324. The molecule has 0 amide bonds. The van der Waals surface area contributed by atoms with E-state index in [0.717, 1.165) is 25.1 Å². The molecule has 0 aromatic heterocycles. The summed E-state index contributed by atoms with van der Waals surface area (Å²) in [5.41, 5.74) is 0. The lowest BCUT2D eigenvalue weighted by Crippen LogP contribution is -2.19. The lowest BCUT2D eigenvalue weighted by Gasteiger charge is -2.04. The first-order chi connectivity index (χ1) is 6.24. The second-order valence-corrected chi connectivity index (χ2v) is 2.67. The van der Waals surface area contributed by atoms with Crippen LogP contribution in [0.15, 0.2) is 4.99 Å². The molecule has 0 aromatic rings. The maximum atomic E-state index is 7.35. The monoisotopic (exact) mass is 185 g/mol. The second kappa shape index (κ2) is 7.58. The standard InChI is InChI=1S/C9H19N3O/c1-4-6-7-13-9(10)12-8(5-2)11-3/h4-7H2,1-3H3,(H2,10,11,12). The van der Waals surface area contributed by atoms with E-state index in [1.807, 2.05) is 6.92 Å². The van der Waals surface area contributed by atoms with Crippen LogP contribution < -0.4 is 5.32 Å². The number of unbranched alkanes of at least 4 members (excludes halogenated alkanes) is 1. The average Bonchev–Trinajstić information content (AvgIpc) is 2.14. The van der Waals surface area contributed by atoms with Gasteiger partial charge in [0.25, 0.3) is 0 Å². The van der Waals surface area contributed by atoms with Gasteiger partial charge >= 0.3 is 6.02 Å². The van der Waals surface area contributed by atoms with E-state index < -0.39 is 0 Å². The Hall–Kier alpha value is -1.06. The highest BCUT2D eigenvalue weighted by atomic mass is 16.5. The molecule has 4 nitrogen and oxygen atoms in total. The van der Waals surface area contributed by atoms with Gasteiger partial charge in [-0.3, -0.25) is 0 Å². The number of nitrogens with zero attached hydrogens (tertiary/aromatic N) is 1. The molecule has 0 rings (SSSR count). The van der Waals surface area contributed by atoms with Crippen molar-refractivity contribution in [3.05, 3.63) is 0 Å². The van der Waals surface area contributed by atoms with Gasteiger partial charge in [0.05, 0.1) is 6.61 Å². The van der Waals surface area contributed by atoms with Gasteiger partial charge in [-0.25, -0.2) is 5.41 Å². The molecule has 13 heavy (non-hydrogen) atoms. The third kappa shape index (κ3) is 6.13. The van der Waals surface area contributed by atoms with Gasteiger partial charge < -0.3 is 10.1 Å². The SMILES string of the molecule is CCCCOC(=N)/N=C(\CC)NC. The molecule has 0 heterocycles. The quantitative estimate of drug-likeness (QED) is 0.398. The molecular weight excluding hydrogens is 166 g/mol. The molecule has 0 saturated heterocycles. The van der Waals surface area contributed by atoms with Gasteiger partial charge in [-0.15, -0.1) is 0 Å². The van der Waals surface area contributed by atoms with Crippen LogP contribution in [0.3, 0.4) is 0 Å². The lowest BCUT2D eigenvalue weighted by atomic mass is 10.4. The molecule has 0 bridgehead atoms. The molecule has 0 unspecified atom stereocenters. The Balaban J connectivity index is 3.76. The molecule has 0 radical (unpaired) electrons. The number of amidine groups is 2. The van der Waals surface area contributed by atoms with E-state index in [4.69, 9.17) is 10.1 Å². The van der Waals surface area contributed by atoms with Crippen molar-refractivity contribution < 1.29 is 4.74 Å². The van der Waals surface area contributed by atoms with Gasteiger partial charge in [0.1, 0.15) is 5.84 Å². The van der Waals surface area contributed by atoms with E-state index in [-0.39, 0.29) is 6.02 Å². The number of hydrogen-bond donors (Lipinski definition) is 2. The van der Waals surface area contributed by atoms with Gasteiger partial charge in [0.15, 0.2) is 0 Å². The number of rotatable bonds is 4. The Labute approximate surface area is 79.9 Å². The Morgan fingerprint density at radius 2 is 2.15 bits per heavy atom. The summed E-state index contributed by atoms with van der Waals surface area (Å²) in [6.45, 7) is 4.65. The average molecular weight is 185 g/mol. The summed E-state index contributed by atoms with van der Waals surface area (Å²) in [6.07, 6.45) is 2.83. The van der Waals surface area contributed by atoms with Crippen molar-refractivity contribution in [2.24, 2.45) is 4.99 Å². The minimum absolute atomic E-state index is 0.000324. The maximum Gasteiger partial charge on any atom is 0.310 e. The second-order valence-electron chi connectivity index (χ2n) is 2.67. The minimum atomic E-state index is -0.000324. The third-order valence-electron chi connectivity index (χ3n) is 1.60. The Morgan fingerprint density at radius 3 is 2.62 bits per heavy atom. The van der Waals surface area contributed by atoms with Crippen LogP contribution in [-0.2, 0) is 4.74 Å². The van der Waals surface area contributed by atoms with Crippen LogP contribution in [0.4, 0.5) is 0 Å². The van der Waals surface area contributed by atoms with E-state index in [0.29, 0.717) is 6.61 Å². The van der Waals surface area contributed by atoms with Gasteiger partial charge in [0, 0.05) is 13.5 Å². The van der Waals surface area contributed by atoms with Crippen molar-refractivity contribution in [1.29, 1.82) is 5.41 Å². The highest BCUT2D eigenvalue weighted by molar-refractivity contribution is 5.92. The summed E-state index contributed by atoms with van der Waals surface area (Å²) >= 11 is 0. The lowest BCUT2D eigenvalue weighted by molar-refractivity contribution is 0.289. The molecular formula is C9H19N3O. The van der Waals surface area contributed by atoms with E-state index in [2.05, 4.69) is 17.2 Å². The van der Waals surface area contributed by atoms with Gasteiger partial charge in [-0.1, -0.05) is 20.3 Å². The van der Waals surface area contributed by atoms with Crippen LogP contribution >= 0.6 is 0 Å². The molecule has 4 heteroatoms. The van der Waals surface area contributed by atoms with Gasteiger partial charge in [0.2, 0.25) is 0 Å². The zero-order valence-electron chi connectivity index (χ0n) is 8.68. The first-order valence-corrected chi connectivity index (χ1v) is 4.71. The number of aliphatic imine (C=N–C) groups is 1. The summed E-state index contributed by atoms with van der Waals surface area (Å²) in [5, 5.41) is 10.3. The van der Waals surface area contributed by atoms with Crippen LogP contribution in [0.25, 0.3) is 0 Å². The summed E-state index contributed by atoms with van der Waals surface area (Å²) in [7, 11) is 1.79. The fraction of sp³-hybridized carbons (Fsp3) is 0.778. The molecule has 0 aliphatic rings. The van der Waals surface area contributed by atoms with Gasteiger partial charge in [-0.2, -0.15) is 4.99 Å². The molecule has 76 valence electrons. The van der Waals surface area contributed by atoms with Crippen LogP contribution in [0.1, 0.15) is 33.1 Å². The predicted octanol–water partition coefficient (Wildman–Crippen LogP) is 1.77. The van der Waals surface area contributed by atoms with Crippen molar-refractivity contribution in [1.82, 2.24) is 5.32 Å². The first kappa shape index (κ1) is 11.9.